The Morgan fingerprint density at radius 1 is 1.29 bits per heavy atom. The van der Waals surface area contributed by atoms with Crippen molar-refractivity contribution < 1.29 is 21.6 Å². The van der Waals surface area contributed by atoms with E-state index in [0.29, 0.717) is 17.8 Å². The molecule has 0 aliphatic rings. The zero-order valence-corrected chi connectivity index (χ0v) is 11.6. The Kier molecular flexibility index (Phi) is 3.92. The van der Waals surface area contributed by atoms with Crippen molar-refractivity contribution in [3.05, 3.63) is 40.8 Å². The number of halogens is 3. The first-order valence-corrected chi connectivity index (χ1v) is 7.16. The van der Waals surface area contributed by atoms with E-state index >= 15 is 0 Å². The van der Waals surface area contributed by atoms with Crippen molar-refractivity contribution in [2.24, 2.45) is 5.73 Å². The summed E-state index contributed by atoms with van der Waals surface area (Å²) >= 11 is 0. The van der Waals surface area contributed by atoms with Crippen molar-refractivity contribution >= 4 is 15.7 Å². The van der Waals surface area contributed by atoms with Gasteiger partial charge in [-0.05, 0) is 6.92 Å². The van der Waals surface area contributed by atoms with E-state index in [4.69, 9.17) is 5.73 Å². The van der Waals surface area contributed by atoms with Gasteiger partial charge in [-0.3, -0.25) is 9.82 Å². The van der Waals surface area contributed by atoms with Crippen molar-refractivity contribution in [3.63, 3.8) is 0 Å². The summed E-state index contributed by atoms with van der Waals surface area (Å²) in [5.74, 6) is -3.92. The standard InChI is InChI=1S/C11H11F3N4O2S/c1-5-7(4-15)11(17-16-5)21(19,20)18-10-8(13)2-6(12)3-9(10)14/h2-3,18H,4,15H2,1H3,(H,16,17). The van der Waals surface area contributed by atoms with Gasteiger partial charge in [0, 0.05) is 29.9 Å². The van der Waals surface area contributed by atoms with E-state index in [9.17, 15) is 21.6 Å². The van der Waals surface area contributed by atoms with E-state index in [-0.39, 0.29) is 12.1 Å². The molecule has 1 heterocycles. The highest BCUT2D eigenvalue weighted by atomic mass is 32.2. The first-order chi connectivity index (χ1) is 9.76. The second-order valence-electron chi connectivity index (χ2n) is 4.19. The summed E-state index contributed by atoms with van der Waals surface area (Å²) in [5, 5.41) is 5.51. The average molecular weight is 320 g/mol. The van der Waals surface area contributed by atoms with Crippen LogP contribution in [0, 0.1) is 24.4 Å². The number of nitrogens with two attached hydrogens (primary N) is 1. The minimum Gasteiger partial charge on any atom is -0.326 e. The summed E-state index contributed by atoms with van der Waals surface area (Å²) in [5.41, 5.74) is 5.03. The Labute approximate surface area is 118 Å². The number of sulfonamides is 1. The van der Waals surface area contributed by atoms with Crippen LogP contribution in [0.2, 0.25) is 0 Å². The zero-order valence-electron chi connectivity index (χ0n) is 10.7. The van der Waals surface area contributed by atoms with Crippen LogP contribution >= 0.6 is 0 Å². The number of aryl methyl sites for hydroxylation is 1. The summed E-state index contributed by atoms with van der Waals surface area (Å²) < 4.78 is 65.7. The molecule has 0 amide bonds. The molecular weight excluding hydrogens is 309 g/mol. The number of benzene rings is 1. The molecule has 0 aliphatic heterocycles. The lowest BCUT2D eigenvalue weighted by atomic mass is 10.3. The fourth-order valence-electron chi connectivity index (χ4n) is 1.72. The molecule has 10 heteroatoms. The number of aromatic nitrogens is 2. The third-order valence-electron chi connectivity index (χ3n) is 2.74. The molecule has 0 radical (unpaired) electrons. The maximum Gasteiger partial charge on any atom is 0.281 e. The predicted octanol–water partition coefficient (Wildman–Crippen LogP) is 1.39. The highest BCUT2D eigenvalue weighted by Crippen LogP contribution is 2.24. The predicted molar refractivity (Wildman–Crippen MR) is 68.3 cm³/mol. The lowest BCUT2D eigenvalue weighted by molar-refractivity contribution is 0.547. The van der Waals surface area contributed by atoms with Crippen LogP contribution in [0.1, 0.15) is 11.3 Å². The Hall–Kier alpha value is -2.07. The summed E-state index contributed by atoms with van der Waals surface area (Å²) in [7, 11) is -4.37. The highest BCUT2D eigenvalue weighted by molar-refractivity contribution is 7.92. The van der Waals surface area contributed by atoms with Gasteiger partial charge in [-0.15, -0.1) is 0 Å². The Bertz CT molecular complexity index is 766. The van der Waals surface area contributed by atoms with Crippen molar-refractivity contribution in [1.82, 2.24) is 10.2 Å². The van der Waals surface area contributed by atoms with Gasteiger partial charge >= 0.3 is 0 Å². The van der Waals surface area contributed by atoms with Gasteiger partial charge in [0.15, 0.2) is 11.6 Å². The lowest BCUT2D eigenvalue weighted by Gasteiger charge is -2.09. The van der Waals surface area contributed by atoms with Crippen LogP contribution < -0.4 is 10.5 Å². The number of nitrogens with one attached hydrogen (secondary N) is 2. The van der Waals surface area contributed by atoms with Gasteiger partial charge in [0.1, 0.15) is 11.5 Å². The molecule has 0 fully saturated rings. The van der Waals surface area contributed by atoms with Crippen LogP contribution in [0.3, 0.4) is 0 Å². The van der Waals surface area contributed by atoms with Crippen molar-refractivity contribution in [3.8, 4) is 0 Å². The molecule has 1 aromatic carbocycles. The number of nitrogens with zero attached hydrogens (tertiary/aromatic N) is 1. The monoisotopic (exact) mass is 320 g/mol. The zero-order chi connectivity index (χ0) is 15.8. The van der Waals surface area contributed by atoms with E-state index in [2.05, 4.69) is 10.2 Å². The quantitative estimate of drug-likeness (QED) is 0.792. The third-order valence-corrected chi connectivity index (χ3v) is 4.06. The lowest BCUT2D eigenvalue weighted by Crippen LogP contribution is -2.18. The van der Waals surface area contributed by atoms with E-state index in [0.717, 1.165) is 0 Å². The van der Waals surface area contributed by atoms with Gasteiger partial charge in [0.05, 0.1) is 0 Å². The average Bonchev–Trinajstić information content (AvgIpc) is 2.75. The molecule has 0 spiro atoms. The fraction of sp³-hybridized carbons (Fsp3) is 0.182. The minimum atomic E-state index is -4.37. The summed E-state index contributed by atoms with van der Waals surface area (Å²) in [4.78, 5) is 0. The van der Waals surface area contributed by atoms with Crippen LogP contribution in [-0.2, 0) is 16.6 Å². The van der Waals surface area contributed by atoms with E-state index in [1.165, 1.54) is 0 Å². The Morgan fingerprint density at radius 3 is 2.38 bits per heavy atom. The maximum absolute atomic E-state index is 13.5. The van der Waals surface area contributed by atoms with Gasteiger partial charge in [-0.2, -0.15) is 13.5 Å². The van der Waals surface area contributed by atoms with Crippen molar-refractivity contribution in [2.75, 3.05) is 4.72 Å². The summed E-state index contributed by atoms with van der Waals surface area (Å²) in [6.45, 7) is 1.42. The molecule has 2 aromatic rings. The molecule has 21 heavy (non-hydrogen) atoms. The van der Waals surface area contributed by atoms with Crippen molar-refractivity contribution in [1.29, 1.82) is 0 Å². The number of anilines is 1. The molecular formula is C11H11F3N4O2S. The molecule has 0 saturated carbocycles. The molecule has 0 atom stereocenters. The molecule has 0 aliphatic carbocycles. The molecule has 6 nitrogen and oxygen atoms in total. The number of aromatic amines is 1. The normalized spacial score (nSPS) is 11.7. The molecule has 1 aromatic heterocycles. The smallest absolute Gasteiger partial charge is 0.281 e. The van der Waals surface area contributed by atoms with Crippen molar-refractivity contribution in [2.45, 2.75) is 18.5 Å². The van der Waals surface area contributed by atoms with E-state index < -0.39 is 38.2 Å². The van der Waals surface area contributed by atoms with Gasteiger partial charge in [-0.1, -0.05) is 0 Å². The number of H-pyrrole nitrogens is 1. The molecule has 0 unspecified atom stereocenters. The minimum absolute atomic E-state index is 0.132. The van der Waals surface area contributed by atoms with Crippen LogP contribution in [0.5, 0.6) is 0 Å². The highest BCUT2D eigenvalue weighted by Gasteiger charge is 2.26. The van der Waals surface area contributed by atoms with Crippen LogP contribution in [0.15, 0.2) is 17.2 Å². The van der Waals surface area contributed by atoms with Gasteiger partial charge in [-0.25, -0.2) is 13.2 Å². The Morgan fingerprint density at radius 2 is 1.86 bits per heavy atom. The van der Waals surface area contributed by atoms with E-state index in [1.807, 2.05) is 0 Å². The maximum atomic E-state index is 13.5. The third kappa shape index (κ3) is 2.85. The summed E-state index contributed by atoms with van der Waals surface area (Å²) in [6, 6.07) is 0.723. The first kappa shape index (κ1) is 15.3. The SMILES string of the molecule is Cc1[nH]nc(S(=O)(=O)Nc2c(F)cc(F)cc2F)c1CN. The molecule has 0 bridgehead atoms. The topological polar surface area (TPSA) is 101 Å². The number of rotatable bonds is 4. The molecule has 4 N–H and O–H groups in total. The Balaban J connectivity index is 2.47. The molecule has 114 valence electrons. The molecule has 0 saturated heterocycles. The van der Waals surface area contributed by atoms with E-state index in [1.54, 1.807) is 11.6 Å². The number of hydrogen-bond acceptors (Lipinski definition) is 4. The second kappa shape index (κ2) is 5.37. The van der Waals surface area contributed by atoms with Crippen LogP contribution in [0.25, 0.3) is 0 Å². The van der Waals surface area contributed by atoms with Crippen LogP contribution in [0.4, 0.5) is 18.9 Å². The van der Waals surface area contributed by atoms with Gasteiger partial charge < -0.3 is 5.73 Å². The van der Waals surface area contributed by atoms with Gasteiger partial charge in [0.25, 0.3) is 10.0 Å². The van der Waals surface area contributed by atoms with Gasteiger partial charge in [0.2, 0.25) is 5.03 Å². The number of hydrogen-bond donors (Lipinski definition) is 3. The summed E-state index contributed by atoms with van der Waals surface area (Å²) in [6.07, 6.45) is 0. The largest absolute Gasteiger partial charge is 0.326 e. The van der Waals surface area contributed by atoms with Crippen LogP contribution in [-0.4, -0.2) is 18.6 Å². The second-order valence-corrected chi connectivity index (χ2v) is 5.78. The first-order valence-electron chi connectivity index (χ1n) is 5.67. The molecule has 2 rings (SSSR count). The fourth-order valence-corrected chi connectivity index (χ4v) is 3.00.